The molecule has 1 fully saturated rings. The maximum absolute atomic E-state index is 3.35. The molecule has 1 saturated heterocycles. The standard InChI is InChI=1S/C7H16N2.2ClH/c1-3-9(2)7-4-5-8-6-7;;/h7-8H,3-6H2,1-2H3;2*1H. The van der Waals surface area contributed by atoms with Gasteiger partial charge >= 0.3 is 0 Å². The highest BCUT2D eigenvalue weighted by Crippen LogP contribution is 2.04. The first-order valence-electron chi connectivity index (χ1n) is 3.75. The Morgan fingerprint density at radius 3 is 2.45 bits per heavy atom. The van der Waals surface area contributed by atoms with Crippen molar-refractivity contribution in [2.45, 2.75) is 19.4 Å². The zero-order valence-corrected chi connectivity index (χ0v) is 8.80. The normalized spacial score (nSPS) is 22.6. The highest BCUT2D eigenvalue weighted by molar-refractivity contribution is 5.85. The molecule has 1 aliphatic rings. The van der Waals surface area contributed by atoms with Crippen molar-refractivity contribution in [1.82, 2.24) is 10.2 Å². The molecule has 1 atom stereocenters. The molecule has 0 aromatic carbocycles. The van der Waals surface area contributed by atoms with Crippen LogP contribution >= 0.6 is 24.8 Å². The Morgan fingerprint density at radius 2 is 2.09 bits per heavy atom. The SMILES string of the molecule is CCN(C)C1CCNC1.Cl.Cl. The van der Waals surface area contributed by atoms with Crippen LogP contribution in [-0.4, -0.2) is 37.6 Å². The number of nitrogens with one attached hydrogen (secondary N) is 1. The molecule has 0 bridgehead atoms. The van der Waals surface area contributed by atoms with Crippen LogP contribution < -0.4 is 5.32 Å². The molecule has 0 aliphatic carbocycles. The molecule has 0 aromatic rings. The molecule has 0 radical (unpaired) electrons. The van der Waals surface area contributed by atoms with Gasteiger partial charge in [0.2, 0.25) is 0 Å². The lowest BCUT2D eigenvalue weighted by Gasteiger charge is -2.20. The predicted octanol–water partition coefficient (Wildman–Crippen LogP) is 1.14. The number of rotatable bonds is 2. The fraction of sp³-hybridized carbons (Fsp3) is 1.00. The Kier molecular flexibility index (Phi) is 9.15. The minimum Gasteiger partial charge on any atom is -0.315 e. The van der Waals surface area contributed by atoms with Gasteiger partial charge in [0.25, 0.3) is 0 Å². The van der Waals surface area contributed by atoms with Gasteiger partial charge in [-0.2, -0.15) is 0 Å². The zero-order chi connectivity index (χ0) is 6.69. The number of likely N-dealkylation sites (N-methyl/N-ethyl adjacent to an activating group) is 1. The summed E-state index contributed by atoms with van der Waals surface area (Å²) in [5.74, 6) is 0. The topological polar surface area (TPSA) is 15.3 Å². The van der Waals surface area contributed by atoms with Gasteiger partial charge in [-0.3, -0.25) is 0 Å². The van der Waals surface area contributed by atoms with Gasteiger partial charge < -0.3 is 10.2 Å². The lowest BCUT2D eigenvalue weighted by Crippen LogP contribution is -2.32. The van der Waals surface area contributed by atoms with E-state index >= 15 is 0 Å². The van der Waals surface area contributed by atoms with Gasteiger partial charge in [0.05, 0.1) is 0 Å². The number of hydrogen-bond donors (Lipinski definition) is 1. The van der Waals surface area contributed by atoms with Crippen molar-refractivity contribution >= 4 is 24.8 Å². The molecule has 1 aliphatic heterocycles. The molecule has 0 aromatic heterocycles. The van der Waals surface area contributed by atoms with Crippen molar-refractivity contribution in [3.05, 3.63) is 0 Å². The van der Waals surface area contributed by atoms with Gasteiger partial charge in [0.15, 0.2) is 0 Å². The third-order valence-corrected chi connectivity index (χ3v) is 2.16. The molecular formula is C7H18Cl2N2. The van der Waals surface area contributed by atoms with Gasteiger partial charge in [-0.25, -0.2) is 0 Å². The van der Waals surface area contributed by atoms with Crippen LogP contribution in [-0.2, 0) is 0 Å². The summed E-state index contributed by atoms with van der Waals surface area (Å²) < 4.78 is 0. The van der Waals surface area contributed by atoms with E-state index < -0.39 is 0 Å². The maximum atomic E-state index is 3.35. The Morgan fingerprint density at radius 1 is 1.45 bits per heavy atom. The summed E-state index contributed by atoms with van der Waals surface area (Å²) in [5, 5.41) is 3.35. The van der Waals surface area contributed by atoms with Gasteiger partial charge in [-0.1, -0.05) is 6.92 Å². The highest BCUT2D eigenvalue weighted by Gasteiger charge is 2.16. The van der Waals surface area contributed by atoms with Crippen LogP contribution in [0.25, 0.3) is 0 Å². The van der Waals surface area contributed by atoms with Crippen LogP contribution in [0.2, 0.25) is 0 Å². The second-order valence-electron chi connectivity index (χ2n) is 2.72. The van der Waals surface area contributed by atoms with Crippen LogP contribution in [0, 0.1) is 0 Å². The second-order valence-corrected chi connectivity index (χ2v) is 2.72. The fourth-order valence-electron chi connectivity index (χ4n) is 1.27. The minimum absolute atomic E-state index is 0. The summed E-state index contributed by atoms with van der Waals surface area (Å²) in [6, 6.07) is 0.801. The molecule has 1 heterocycles. The summed E-state index contributed by atoms with van der Waals surface area (Å²) in [6.45, 7) is 5.77. The molecule has 11 heavy (non-hydrogen) atoms. The van der Waals surface area contributed by atoms with E-state index in [9.17, 15) is 0 Å². The van der Waals surface area contributed by atoms with Crippen molar-refractivity contribution in [2.75, 3.05) is 26.7 Å². The van der Waals surface area contributed by atoms with Crippen molar-refractivity contribution in [3.8, 4) is 0 Å². The third kappa shape index (κ3) is 4.16. The van der Waals surface area contributed by atoms with E-state index in [2.05, 4.69) is 24.2 Å². The molecule has 0 spiro atoms. The van der Waals surface area contributed by atoms with Crippen molar-refractivity contribution in [2.24, 2.45) is 0 Å². The van der Waals surface area contributed by atoms with Crippen molar-refractivity contribution < 1.29 is 0 Å². The Labute approximate surface area is 81.5 Å². The largest absolute Gasteiger partial charge is 0.315 e. The molecule has 2 nitrogen and oxygen atoms in total. The first-order valence-corrected chi connectivity index (χ1v) is 3.75. The predicted molar refractivity (Wildman–Crippen MR) is 54.1 cm³/mol. The van der Waals surface area contributed by atoms with Crippen molar-refractivity contribution in [1.29, 1.82) is 0 Å². The van der Waals surface area contributed by atoms with E-state index in [1.165, 1.54) is 26.1 Å². The first-order chi connectivity index (χ1) is 4.34. The molecule has 1 rings (SSSR count). The highest BCUT2D eigenvalue weighted by atomic mass is 35.5. The quantitative estimate of drug-likeness (QED) is 0.720. The van der Waals surface area contributed by atoms with Gasteiger partial charge in [-0.15, -0.1) is 24.8 Å². The van der Waals surface area contributed by atoms with Crippen LogP contribution in [0.1, 0.15) is 13.3 Å². The molecular weight excluding hydrogens is 183 g/mol. The Bertz CT molecular complexity index is 84.5. The van der Waals surface area contributed by atoms with E-state index in [0.717, 1.165) is 6.04 Å². The Balaban J connectivity index is 0. The zero-order valence-electron chi connectivity index (χ0n) is 7.17. The lowest BCUT2D eigenvalue weighted by molar-refractivity contribution is 0.270. The summed E-state index contributed by atoms with van der Waals surface area (Å²) in [6.07, 6.45) is 1.32. The minimum atomic E-state index is 0. The first kappa shape index (κ1) is 14.0. The molecule has 4 heteroatoms. The number of nitrogens with zero attached hydrogens (tertiary/aromatic N) is 1. The van der Waals surface area contributed by atoms with E-state index in [-0.39, 0.29) is 24.8 Å². The summed E-state index contributed by atoms with van der Waals surface area (Å²) in [4.78, 5) is 2.40. The van der Waals surface area contributed by atoms with E-state index in [1.807, 2.05) is 0 Å². The van der Waals surface area contributed by atoms with E-state index in [1.54, 1.807) is 0 Å². The summed E-state index contributed by atoms with van der Waals surface area (Å²) in [5.41, 5.74) is 0. The van der Waals surface area contributed by atoms with Crippen LogP contribution in [0.15, 0.2) is 0 Å². The molecule has 1 unspecified atom stereocenters. The lowest BCUT2D eigenvalue weighted by atomic mass is 10.2. The van der Waals surface area contributed by atoms with Gasteiger partial charge in [0, 0.05) is 12.6 Å². The second kappa shape index (κ2) is 7.17. The van der Waals surface area contributed by atoms with Gasteiger partial charge in [-0.05, 0) is 26.6 Å². The van der Waals surface area contributed by atoms with E-state index in [4.69, 9.17) is 0 Å². The van der Waals surface area contributed by atoms with Crippen LogP contribution in [0.4, 0.5) is 0 Å². The number of hydrogen-bond acceptors (Lipinski definition) is 2. The van der Waals surface area contributed by atoms with Gasteiger partial charge in [0.1, 0.15) is 0 Å². The molecule has 0 saturated carbocycles. The monoisotopic (exact) mass is 200 g/mol. The third-order valence-electron chi connectivity index (χ3n) is 2.16. The molecule has 70 valence electrons. The van der Waals surface area contributed by atoms with Crippen LogP contribution in [0.3, 0.4) is 0 Å². The fourth-order valence-corrected chi connectivity index (χ4v) is 1.27. The maximum Gasteiger partial charge on any atom is 0.0229 e. The average molecular weight is 201 g/mol. The molecule has 0 amide bonds. The summed E-state index contributed by atoms with van der Waals surface area (Å²) >= 11 is 0. The summed E-state index contributed by atoms with van der Waals surface area (Å²) in [7, 11) is 2.19. The Hall–Kier alpha value is 0.500. The van der Waals surface area contributed by atoms with E-state index in [0.29, 0.717) is 0 Å². The average Bonchev–Trinajstić information content (AvgIpc) is 2.37. The van der Waals surface area contributed by atoms with Crippen molar-refractivity contribution in [3.63, 3.8) is 0 Å². The number of halogens is 2. The van der Waals surface area contributed by atoms with Crippen LogP contribution in [0.5, 0.6) is 0 Å². The molecule has 1 N–H and O–H groups in total. The smallest absolute Gasteiger partial charge is 0.0229 e.